The second-order valence-electron chi connectivity index (χ2n) is 5.17. The quantitative estimate of drug-likeness (QED) is 0.885. The van der Waals surface area contributed by atoms with Gasteiger partial charge in [0.1, 0.15) is 17.7 Å². The summed E-state index contributed by atoms with van der Waals surface area (Å²) in [6.45, 7) is 2.06. The molecule has 1 saturated heterocycles. The molecular weight excluding hydrogens is 233 g/mol. The van der Waals surface area contributed by atoms with E-state index in [2.05, 4.69) is 4.90 Å². The van der Waals surface area contributed by atoms with Crippen LogP contribution in [0.25, 0.3) is 0 Å². The lowest BCUT2D eigenvalue weighted by molar-refractivity contribution is 0.109. The predicted octanol–water partition coefficient (Wildman–Crippen LogP) is 1.59. The van der Waals surface area contributed by atoms with Crippen molar-refractivity contribution in [3.63, 3.8) is 0 Å². The van der Waals surface area contributed by atoms with Crippen molar-refractivity contribution in [2.75, 3.05) is 19.7 Å². The SMILES string of the molecule is OC[C@H]1CCCN1CC1Cc2cc(F)ccc2O1. The van der Waals surface area contributed by atoms with Crippen molar-refractivity contribution in [3.05, 3.63) is 29.6 Å². The van der Waals surface area contributed by atoms with Crippen LogP contribution in [0.2, 0.25) is 0 Å². The molecule has 0 spiro atoms. The number of halogens is 1. The molecule has 2 heterocycles. The number of benzene rings is 1. The van der Waals surface area contributed by atoms with Crippen molar-refractivity contribution in [3.8, 4) is 5.75 Å². The number of aliphatic hydroxyl groups excluding tert-OH is 1. The van der Waals surface area contributed by atoms with Gasteiger partial charge in [-0.25, -0.2) is 4.39 Å². The maximum Gasteiger partial charge on any atom is 0.123 e. The van der Waals surface area contributed by atoms with Crippen LogP contribution in [-0.2, 0) is 6.42 Å². The van der Waals surface area contributed by atoms with E-state index in [1.807, 2.05) is 0 Å². The largest absolute Gasteiger partial charge is 0.488 e. The lowest BCUT2D eigenvalue weighted by atomic mass is 10.1. The van der Waals surface area contributed by atoms with Crippen molar-refractivity contribution in [1.82, 2.24) is 4.90 Å². The minimum absolute atomic E-state index is 0.0916. The summed E-state index contributed by atoms with van der Waals surface area (Å²) >= 11 is 0. The smallest absolute Gasteiger partial charge is 0.123 e. The van der Waals surface area contributed by atoms with Gasteiger partial charge >= 0.3 is 0 Å². The Morgan fingerprint density at radius 2 is 2.33 bits per heavy atom. The maximum atomic E-state index is 13.1. The molecule has 3 rings (SSSR count). The summed E-state index contributed by atoms with van der Waals surface area (Å²) in [5.74, 6) is 0.605. The topological polar surface area (TPSA) is 32.7 Å². The van der Waals surface area contributed by atoms with Gasteiger partial charge in [-0.3, -0.25) is 4.90 Å². The number of hydrogen-bond donors (Lipinski definition) is 1. The van der Waals surface area contributed by atoms with Gasteiger partial charge in [-0.2, -0.15) is 0 Å². The zero-order valence-corrected chi connectivity index (χ0v) is 10.3. The monoisotopic (exact) mass is 251 g/mol. The Morgan fingerprint density at radius 3 is 3.17 bits per heavy atom. The Hall–Kier alpha value is -1.13. The van der Waals surface area contributed by atoms with E-state index in [1.165, 1.54) is 6.07 Å². The minimum Gasteiger partial charge on any atom is -0.488 e. The Kier molecular flexibility index (Phi) is 3.22. The van der Waals surface area contributed by atoms with Gasteiger partial charge in [0.2, 0.25) is 0 Å². The molecule has 4 heteroatoms. The van der Waals surface area contributed by atoms with Crippen LogP contribution in [0.4, 0.5) is 4.39 Å². The van der Waals surface area contributed by atoms with Crippen molar-refractivity contribution >= 4 is 0 Å². The van der Waals surface area contributed by atoms with Gasteiger partial charge in [0, 0.05) is 24.6 Å². The molecular formula is C14H18FNO2. The molecule has 1 unspecified atom stereocenters. The number of aliphatic hydroxyl groups is 1. The van der Waals surface area contributed by atoms with E-state index in [1.54, 1.807) is 12.1 Å². The molecule has 1 aromatic carbocycles. The van der Waals surface area contributed by atoms with Crippen molar-refractivity contribution in [2.24, 2.45) is 0 Å². The lowest BCUT2D eigenvalue weighted by Gasteiger charge is -2.25. The van der Waals surface area contributed by atoms with Crippen LogP contribution in [0, 0.1) is 5.82 Å². The summed E-state index contributed by atoms with van der Waals surface area (Å²) in [5.41, 5.74) is 0.958. The first-order valence-corrected chi connectivity index (χ1v) is 6.56. The molecule has 0 saturated carbocycles. The Morgan fingerprint density at radius 1 is 1.44 bits per heavy atom. The van der Waals surface area contributed by atoms with Gasteiger partial charge in [0.15, 0.2) is 0 Å². The zero-order valence-electron chi connectivity index (χ0n) is 10.3. The molecule has 0 bridgehead atoms. The standard InChI is InChI=1S/C14H18FNO2/c15-11-3-4-14-10(6-11)7-13(18-14)8-16-5-1-2-12(16)9-17/h3-4,6,12-13,17H,1-2,5,7-9H2/t12-,13?/m1/s1. The van der Waals surface area contributed by atoms with Crippen LogP contribution in [0.5, 0.6) is 5.75 Å². The first-order chi connectivity index (χ1) is 8.76. The second kappa shape index (κ2) is 4.86. The molecule has 2 aliphatic rings. The molecule has 0 aliphatic carbocycles. The van der Waals surface area contributed by atoms with Crippen LogP contribution in [-0.4, -0.2) is 41.8 Å². The van der Waals surface area contributed by atoms with Crippen LogP contribution in [0.3, 0.4) is 0 Å². The van der Waals surface area contributed by atoms with Gasteiger partial charge in [-0.1, -0.05) is 0 Å². The first kappa shape index (κ1) is 11.9. The van der Waals surface area contributed by atoms with Crippen LogP contribution < -0.4 is 4.74 Å². The summed E-state index contributed by atoms with van der Waals surface area (Å²) in [4.78, 5) is 2.28. The predicted molar refractivity (Wildman–Crippen MR) is 66.2 cm³/mol. The van der Waals surface area contributed by atoms with Gasteiger partial charge in [0.25, 0.3) is 0 Å². The molecule has 0 radical (unpaired) electrons. The summed E-state index contributed by atoms with van der Waals surface area (Å²) in [7, 11) is 0. The Labute approximate surface area is 106 Å². The fourth-order valence-corrected chi connectivity index (χ4v) is 2.99. The number of hydrogen-bond acceptors (Lipinski definition) is 3. The molecule has 1 N–H and O–H groups in total. The Balaban J connectivity index is 1.64. The third-order valence-corrected chi connectivity index (χ3v) is 3.91. The number of likely N-dealkylation sites (tertiary alicyclic amines) is 1. The van der Waals surface area contributed by atoms with E-state index in [0.717, 1.165) is 43.7 Å². The van der Waals surface area contributed by atoms with Crippen molar-refractivity contribution < 1.29 is 14.2 Å². The number of nitrogens with zero attached hydrogens (tertiary/aromatic N) is 1. The van der Waals surface area contributed by atoms with Gasteiger partial charge < -0.3 is 9.84 Å². The molecule has 0 aromatic heterocycles. The summed E-state index contributed by atoms with van der Waals surface area (Å²) in [6.07, 6.45) is 3.06. The second-order valence-corrected chi connectivity index (χ2v) is 5.17. The molecule has 3 nitrogen and oxygen atoms in total. The third-order valence-electron chi connectivity index (χ3n) is 3.91. The highest BCUT2D eigenvalue weighted by Crippen LogP contribution is 2.30. The van der Waals surface area contributed by atoms with Gasteiger partial charge in [0.05, 0.1) is 6.61 Å². The Bertz CT molecular complexity index is 438. The van der Waals surface area contributed by atoms with Crippen molar-refractivity contribution in [2.45, 2.75) is 31.4 Å². The highest BCUT2D eigenvalue weighted by Gasteiger charge is 2.30. The van der Waals surface area contributed by atoms with E-state index in [-0.39, 0.29) is 24.6 Å². The number of rotatable bonds is 3. The third kappa shape index (κ3) is 2.22. The van der Waals surface area contributed by atoms with E-state index < -0.39 is 0 Å². The van der Waals surface area contributed by atoms with E-state index in [9.17, 15) is 9.50 Å². The molecule has 98 valence electrons. The van der Waals surface area contributed by atoms with E-state index in [0.29, 0.717) is 0 Å². The van der Waals surface area contributed by atoms with Crippen LogP contribution in [0.15, 0.2) is 18.2 Å². The highest BCUT2D eigenvalue weighted by atomic mass is 19.1. The van der Waals surface area contributed by atoms with Crippen LogP contribution >= 0.6 is 0 Å². The number of fused-ring (bicyclic) bond motifs is 1. The molecule has 2 aliphatic heterocycles. The molecule has 18 heavy (non-hydrogen) atoms. The lowest BCUT2D eigenvalue weighted by Crippen LogP contribution is -2.39. The maximum absolute atomic E-state index is 13.1. The number of ether oxygens (including phenoxy) is 1. The molecule has 0 amide bonds. The summed E-state index contributed by atoms with van der Waals surface area (Å²) in [6, 6.07) is 4.98. The van der Waals surface area contributed by atoms with Crippen molar-refractivity contribution in [1.29, 1.82) is 0 Å². The van der Waals surface area contributed by atoms with Crippen LogP contribution in [0.1, 0.15) is 18.4 Å². The zero-order chi connectivity index (χ0) is 12.5. The van der Waals surface area contributed by atoms with E-state index in [4.69, 9.17) is 4.74 Å². The fraction of sp³-hybridized carbons (Fsp3) is 0.571. The highest BCUT2D eigenvalue weighted by molar-refractivity contribution is 5.37. The minimum atomic E-state index is -0.201. The molecule has 1 fully saturated rings. The summed E-state index contributed by atoms with van der Waals surface area (Å²) < 4.78 is 18.9. The normalized spacial score (nSPS) is 27.2. The fourth-order valence-electron chi connectivity index (χ4n) is 2.99. The average molecular weight is 251 g/mol. The van der Waals surface area contributed by atoms with Gasteiger partial charge in [-0.05, 0) is 37.6 Å². The molecule has 1 aromatic rings. The summed E-state index contributed by atoms with van der Waals surface area (Å²) in [5, 5.41) is 9.29. The van der Waals surface area contributed by atoms with E-state index >= 15 is 0 Å². The van der Waals surface area contributed by atoms with Gasteiger partial charge in [-0.15, -0.1) is 0 Å². The average Bonchev–Trinajstić information content (AvgIpc) is 2.94. The first-order valence-electron chi connectivity index (χ1n) is 6.56. The molecule has 2 atom stereocenters.